The van der Waals surface area contributed by atoms with Crippen molar-refractivity contribution in [1.82, 2.24) is 10.2 Å². The molecule has 1 atom stereocenters. The van der Waals surface area contributed by atoms with Gasteiger partial charge in [0.2, 0.25) is 0 Å². The molecule has 5 nitrogen and oxygen atoms in total. The van der Waals surface area contributed by atoms with E-state index in [0.717, 1.165) is 11.1 Å². The summed E-state index contributed by atoms with van der Waals surface area (Å²) in [4.78, 5) is 24.8. The van der Waals surface area contributed by atoms with Crippen LogP contribution in [0.25, 0.3) is 0 Å². The lowest BCUT2D eigenvalue weighted by Crippen LogP contribution is -2.43. The van der Waals surface area contributed by atoms with E-state index >= 15 is 0 Å². The molecule has 1 aromatic rings. The lowest BCUT2D eigenvalue weighted by atomic mass is 10.1. The van der Waals surface area contributed by atoms with Gasteiger partial charge in [-0.1, -0.05) is 19.9 Å². The quantitative estimate of drug-likeness (QED) is 0.891. The van der Waals surface area contributed by atoms with Crippen molar-refractivity contribution in [2.45, 2.75) is 39.9 Å². The molecule has 1 aliphatic heterocycles. The zero-order valence-electron chi connectivity index (χ0n) is 12.0. The number of carboxylic acids is 1. The van der Waals surface area contributed by atoms with Crippen molar-refractivity contribution >= 4 is 12.0 Å². The second-order valence-electron chi connectivity index (χ2n) is 5.63. The van der Waals surface area contributed by atoms with Gasteiger partial charge in [0.15, 0.2) is 0 Å². The maximum absolute atomic E-state index is 12.1. The number of fused-ring (bicyclic) bond motifs is 1. The van der Waals surface area contributed by atoms with Crippen LogP contribution >= 0.6 is 0 Å². The van der Waals surface area contributed by atoms with Crippen LogP contribution in [0.4, 0.5) is 4.79 Å². The summed E-state index contributed by atoms with van der Waals surface area (Å²) in [6, 6.07) is 5.04. The number of hydrogen-bond acceptors (Lipinski definition) is 2. The monoisotopic (exact) mass is 276 g/mol. The summed E-state index contributed by atoms with van der Waals surface area (Å²) in [7, 11) is 0. The van der Waals surface area contributed by atoms with Crippen molar-refractivity contribution in [1.29, 1.82) is 0 Å². The number of hydrogen-bond donors (Lipinski definition) is 2. The van der Waals surface area contributed by atoms with Gasteiger partial charge in [0.25, 0.3) is 0 Å². The second-order valence-corrected chi connectivity index (χ2v) is 5.63. The zero-order valence-corrected chi connectivity index (χ0v) is 12.0. The van der Waals surface area contributed by atoms with Gasteiger partial charge < -0.3 is 15.3 Å². The van der Waals surface area contributed by atoms with E-state index < -0.39 is 5.97 Å². The maximum atomic E-state index is 12.1. The predicted molar refractivity (Wildman–Crippen MR) is 75.5 cm³/mol. The third-order valence-corrected chi connectivity index (χ3v) is 3.81. The Labute approximate surface area is 118 Å². The number of aromatic carboxylic acids is 1. The third-order valence-electron chi connectivity index (χ3n) is 3.81. The van der Waals surface area contributed by atoms with Crippen LogP contribution in [0.15, 0.2) is 18.2 Å². The maximum Gasteiger partial charge on any atom is 0.335 e. The van der Waals surface area contributed by atoms with E-state index in [0.29, 0.717) is 19.0 Å². The van der Waals surface area contributed by atoms with Gasteiger partial charge in [0.05, 0.1) is 5.56 Å². The molecule has 0 bridgehead atoms. The molecule has 0 aromatic heterocycles. The van der Waals surface area contributed by atoms with Crippen LogP contribution in [0.3, 0.4) is 0 Å². The van der Waals surface area contributed by atoms with E-state index in [9.17, 15) is 9.59 Å². The van der Waals surface area contributed by atoms with E-state index in [-0.39, 0.29) is 17.6 Å². The van der Waals surface area contributed by atoms with E-state index in [1.807, 2.05) is 6.92 Å². The SMILES string of the molecule is CC(C)C(C)NC(=O)N1Cc2ccc(C(=O)O)cc2C1. The van der Waals surface area contributed by atoms with Gasteiger partial charge in [-0.25, -0.2) is 9.59 Å². The first-order valence-corrected chi connectivity index (χ1v) is 6.79. The summed E-state index contributed by atoms with van der Waals surface area (Å²) in [5.74, 6) is -0.563. The average molecular weight is 276 g/mol. The van der Waals surface area contributed by atoms with Crippen molar-refractivity contribution in [2.24, 2.45) is 5.92 Å². The van der Waals surface area contributed by atoms with E-state index in [1.54, 1.807) is 23.1 Å². The summed E-state index contributed by atoms with van der Waals surface area (Å²) in [5.41, 5.74) is 2.20. The molecule has 1 unspecified atom stereocenters. The minimum Gasteiger partial charge on any atom is -0.478 e. The van der Waals surface area contributed by atoms with Gasteiger partial charge in [-0.15, -0.1) is 0 Å². The Balaban J connectivity index is 2.05. The summed E-state index contributed by atoms with van der Waals surface area (Å²) >= 11 is 0. The minimum atomic E-state index is -0.941. The molecule has 0 fully saturated rings. The molecule has 5 heteroatoms. The molecule has 0 radical (unpaired) electrons. The van der Waals surface area contributed by atoms with Crippen molar-refractivity contribution in [2.75, 3.05) is 0 Å². The average Bonchev–Trinajstić information content (AvgIpc) is 2.80. The first-order chi connectivity index (χ1) is 9.38. The summed E-state index contributed by atoms with van der Waals surface area (Å²) in [5, 5.41) is 11.9. The molecule has 0 aliphatic carbocycles. The van der Waals surface area contributed by atoms with Crippen LogP contribution < -0.4 is 5.32 Å². The Morgan fingerprint density at radius 2 is 1.85 bits per heavy atom. The van der Waals surface area contributed by atoms with Crippen LogP contribution in [0.1, 0.15) is 42.3 Å². The number of carbonyl (C=O) groups is 2. The first-order valence-electron chi connectivity index (χ1n) is 6.79. The molecule has 0 saturated carbocycles. The zero-order chi connectivity index (χ0) is 14.9. The van der Waals surface area contributed by atoms with E-state index in [2.05, 4.69) is 19.2 Å². The third kappa shape index (κ3) is 2.92. The molecule has 2 N–H and O–H groups in total. The van der Waals surface area contributed by atoms with Crippen LogP contribution in [0.5, 0.6) is 0 Å². The fraction of sp³-hybridized carbons (Fsp3) is 0.467. The number of nitrogens with zero attached hydrogens (tertiary/aromatic N) is 1. The number of nitrogens with one attached hydrogen (secondary N) is 1. The fourth-order valence-corrected chi connectivity index (χ4v) is 2.12. The fourth-order valence-electron chi connectivity index (χ4n) is 2.12. The molecule has 0 spiro atoms. The minimum absolute atomic E-state index is 0.0979. The molecule has 20 heavy (non-hydrogen) atoms. The molecule has 2 rings (SSSR count). The number of urea groups is 1. The molecule has 1 aromatic carbocycles. The summed E-state index contributed by atoms with van der Waals surface area (Å²) in [6.45, 7) is 7.10. The van der Waals surface area contributed by atoms with Crippen LogP contribution in [0, 0.1) is 5.92 Å². The molecule has 0 saturated heterocycles. The highest BCUT2D eigenvalue weighted by Crippen LogP contribution is 2.24. The van der Waals surface area contributed by atoms with Crippen LogP contribution in [0.2, 0.25) is 0 Å². The first kappa shape index (κ1) is 14.4. The Morgan fingerprint density at radius 3 is 2.45 bits per heavy atom. The molecule has 2 amide bonds. The van der Waals surface area contributed by atoms with Crippen LogP contribution in [-0.2, 0) is 13.1 Å². The van der Waals surface area contributed by atoms with Crippen molar-refractivity contribution in [3.63, 3.8) is 0 Å². The highest BCUT2D eigenvalue weighted by atomic mass is 16.4. The Hall–Kier alpha value is -2.04. The lowest BCUT2D eigenvalue weighted by Gasteiger charge is -2.22. The lowest BCUT2D eigenvalue weighted by molar-refractivity contribution is 0.0696. The molecular weight excluding hydrogens is 256 g/mol. The van der Waals surface area contributed by atoms with E-state index in [1.165, 1.54) is 0 Å². The molecule has 1 heterocycles. The van der Waals surface area contributed by atoms with Crippen LogP contribution in [-0.4, -0.2) is 28.0 Å². The van der Waals surface area contributed by atoms with Crippen molar-refractivity contribution < 1.29 is 14.7 Å². The van der Waals surface area contributed by atoms with Gasteiger partial charge in [-0.3, -0.25) is 0 Å². The number of carboxylic acid groups (broad SMARTS) is 1. The van der Waals surface area contributed by atoms with Gasteiger partial charge in [0, 0.05) is 19.1 Å². The smallest absolute Gasteiger partial charge is 0.335 e. The summed E-state index contributed by atoms with van der Waals surface area (Å²) in [6.07, 6.45) is 0. The summed E-state index contributed by atoms with van der Waals surface area (Å²) < 4.78 is 0. The number of carbonyl (C=O) groups excluding carboxylic acids is 1. The number of benzene rings is 1. The highest BCUT2D eigenvalue weighted by molar-refractivity contribution is 5.88. The Morgan fingerprint density at radius 1 is 1.20 bits per heavy atom. The molecule has 1 aliphatic rings. The topological polar surface area (TPSA) is 69.6 Å². The molecule has 108 valence electrons. The van der Waals surface area contributed by atoms with Gasteiger partial charge >= 0.3 is 12.0 Å². The molecular formula is C15H20N2O3. The van der Waals surface area contributed by atoms with E-state index in [4.69, 9.17) is 5.11 Å². The standard InChI is InChI=1S/C15H20N2O3/c1-9(2)10(3)16-15(20)17-7-12-5-4-11(14(18)19)6-13(12)8-17/h4-6,9-10H,7-8H2,1-3H3,(H,16,20)(H,18,19). The van der Waals surface area contributed by atoms with Crippen molar-refractivity contribution in [3.8, 4) is 0 Å². The number of amides is 2. The Kier molecular flexibility index (Phi) is 3.97. The Bertz CT molecular complexity index is 540. The highest BCUT2D eigenvalue weighted by Gasteiger charge is 2.25. The van der Waals surface area contributed by atoms with Gasteiger partial charge in [-0.2, -0.15) is 0 Å². The predicted octanol–water partition coefficient (Wildman–Crippen LogP) is 2.45. The van der Waals surface area contributed by atoms with Crippen molar-refractivity contribution in [3.05, 3.63) is 34.9 Å². The van der Waals surface area contributed by atoms with Gasteiger partial charge in [-0.05, 0) is 36.1 Å². The normalized spacial score (nSPS) is 15.1. The largest absolute Gasteiger partial charge is 0.478 e. The number of rotatable bonds is 3. The second kappa shape index (κ2) is 5.53. The van der Waals surface area contributed by atoms with Gasteiger partial charge in [0.1, 0.15) is 0 Å².